The first kappa shape index (κ1) is 24.2. The van der Waals surface area contributed by atoms with Crippen molar-refractivity contribution in [3.05, 3.63) is 34.3 Å². The lowest BCUT2D eigenvalue weighted by Crippen LogP contribution is -2.49. The fourth-order valence-electron chi connectivity index (χ4n) is 3.22. The molecule has 0 aromatic heterocycles. The van der Waals surface area contributed by atoms with E-state index in [1.807, 2.05) is 14.0 Å². The number of likely N-dealkylation sites (tertiary alicyclic amines) is 1. The van der Waals surface area contributed by atoms with Crippen LogP contribution in [0.5, 0.6) is 0 Å². The van der Waals surface area contributed by atoms with Gasteiger partial charge in [0.25, 0.3) is 0 Å². The van der Waals surface area contributed by atoms with E-state index in [9.17, 15) is 4.79 Å². The van der Waals surface area contributed by atoms with E-state index in [1.165, 1.54) is 5.56 Å². The topological polar surface area (TPSA) is 53.9 Å². The van der Waals surface area contributed by atoms with E-state index in [0.717, 1.165) is 42.9 Å². The van der Waals surface area contributed by atoms with Crippen molar-refractivity contribution in [2.75, 3.05) is 33.3 Å². The smallest absolute Gasteiger partial charge is 0.309 e. The summed E-state index contributed by atoms with van der Waals surface area (Å²) in [5, 5.41) is 3.51. The predicted octanol–water partition coefficient (Wildman–Crippen LogP) is 4.20. The molecule has 0 bridgehead atoms. The van der Waals surface area contributed by atoms with Gasteiger partial charge in [-0.2, -0.15) is 0 Å². The lowest BCUT2D eigenvalue weighted by molar-refractivity contribution is -0.149. The number of piperidine rings is 1. The van der Waals surface area contributed by atoms with E-state index >= 15 is 0 Å². The minimum Gasteiger partial charge on any atom is -0.466 e. The zero-order valence-electron chi connectivity index (χ0n) is 16.6. The molecular formula is C20H31BrIN3O2. The summed E-state index contributed by atoms with van der Waals surface area (Å²) in [5.74, 6) is 0.854. The van der Waals surface area contributed by atoms with Crippen molar-refractivity contribution >= 4 is 51.8 Å². The summed E-state index contributed by atoms with van der Waals surface area (Å²) in [6, 6.07) is 8.46. The van der Waals surface area contributed by atoms with Crippen molar-refractivity contribution in [2.24, 2.45) is 10.9 Å². The van der Waals surface area contributed by atoms with Gasteiger partial charge < -0.3 is 15.0 Å². The third-order valence-corrected chi connectivity index (χ3v) is 5.47. The van der Waals surface area contributed by atoms with Gasteiger partial charge in [0.2, 0.25) is 0 Å². The third-order valence-electron chi connectivity index (χ3n) is 4.94. The summed E-state index contributed by atoms with van der Waals surface area (Å²) < 4.78 is 6.23. The Labute approximate surface area is 188 Å². The normalized spacial score (nSPS) is 15.9. The molecule has 0 atom stereocenters. The SMILES string of the molecule is CCOC(=O)C1CCN(C(=NC)NCC(C)(C)c2ccc(Br)cc2)CC1.I. The van der Waals surface area contributed by atoms with E-state index < -0.39 is 0 Å². The van der Waals surface area contributed by atoms with E-state index in [-0.39, 0.29) is 41.3 Å². The van der Waals surface area contributed by atoms with Crippen LogP contribution < -0.4 is 5.32 Å². The summed E-state index contributed by atoms with van der Waals surface area (Å²) in [5.41, 5.74) is 1.27. The van der Waals surface area contributed by atoms with Crippen LogP contribution in [0.2, 0.25) is 0 Å². The number of benzene rings is 1. The summed E-state index contributed by atoms with van der Waals surface area (Å²) in [6.07, 6.45) is 1.63. The lowest BCUT2D eigenvalue weighted by Gasteiger charge is -2.35. The van der Waals surface area contributed by atoms with Crippen molar-refractivity contribution in [1.29, 1.82) is 0 Å². The number of aliphatic imine (C=N–C) groups is 1. The molecule has 1 aromatic carbocycles. The minimum absolute atomic E-state index is 0. The maximum atomic E-state index is 11.9. The lowest BCUT2D eigenvalue weighted by atomic mass is 9.84. The highest BCUT2D eigenvalue weighted by atomic mass is 127. The molecule has 0 spiro atoms. The second-order valence-electron chi connectivity index (χ2n) is 7.30. The summed E-state index contributed by atoms with van der Waals surface area (Å²) in [4.78, 5) is 18.6. The van der Waals surface area contributed by atoms with Crippen molar-refractivity contribution in [1.82, 2.24) is 10.2 Å². The second-order valence-corrected chi connectivity index (χ2v) is 8.22. The number of nitrogens with one attached hydrogen (secondary N) is 1. The first-order chi connectivity index (χ1) is 12.4. The Morgan fingerprint density at radius 3 is 2.41 bits per heavy atom. The van der Waals surface area contributed by atoms with Crippen LogP contribution in [-0.4, -0.2) is 50.1 Å². The minimum atomic E-state index is -0.0635. The van der Waals surface area contributed by atoms with E-state index in [1.54, 1.807) is 0 Å². The molecule has 1 N–H and O–H groups in total. The molecule has 2 rings (SSSR count). The summed E-state index contributed by atoms with van der Waals surface area (Å²) in [7, 11) is 1.81. The van der Waals surface area contributed by atoms with Gasteiger partial charge in [0.05, 0.1) is 12.5 Å². The molecule has 27 heavy (non-hydrogen) atoms. The molecule has 5 nitrogen and oxygen atoms in total. The Morgan fingerprint density at radius 2 is 1.89 bits per heavy atom. The quantitative estimate of drug-likeness (QED) is 0.258. The van der Waals surface area contributed by atoms with Gasteiger partial charge in [-0.1, -0.05) is 41.9 Å². The van der Waals surface area contributed by atoms with Gasteiger partial charge in [-0.15, -0.1) is 24.0 Å². The van der Waals surface area contributed by atoms with Crippen LogP contribution in [0, 0.1) is 5.92 Å². The van der Waals surface area contributed by atoms with Gasteiger partial charge in [0.15, 0.2) is 5.96 Å². The van der Waals surface area contributed by atoms with Crippen LogP contribution in [-0.2, 0) is 14.9 Å². The number of carbonyl (C=O) groups excluding carboxylic acids is 1. The van der Waals surface area contributed by atoms with Crippen LogP contribution in [0.15, 0.2) is 33.7 Å². The number of hydrogen-bond donors (Lipinski definition) is 1. The monoisotopic (exact) mass is 551 g/mol. The standard InChI is InChI=1S/C20H30BrN3O2.HI/c1-5-26-18(25)15-10-12-24(13-11-15)19(22-4)23-14-20(2,3)16-6-8-17(21)9-7-16;/h6-9,15H,5,10-14H2,1-4H3,(H,22,23);1H. The molecule has 0 unspecified atom stereocenters. The molecular weight excluding hydrogens is 521 g/mol. The van der Waals surface area contributed by atoms with Gasteiger partial charge in [0.1, 0.15) is 0 Å². The molecule has 1 aromatic rings. The molecule has 0 saturated carbocycles. The first-order valence-electron chi connectivity index (χ1n) is 9.25. The van der Waals surface area contributed by atoms with Crippen molar-refractivity contribution in [3.63, 3.8) is 0 Å². The fourth-order valence-corrected chi connectivity index (χ4v) is 3.49. The number of nitrogens with zero attached hydrogens (tertiary/aromatic N) is 2. The highest BCUT2D eigenvalue weighted by Crippen LogP contribution is 2.24. The van der Waals surface area contributed by atoms with Gasteiger partial charge >= 0.3 is 5.97 Å². The molecule has 1 heterocycles. The van der Waals surface area contributed by atoms with Gasteiger partial charge in [-0.3, -0.25) is 9.79 Å². The number of hydrogen-bond acceptors (Lipinski definition) is 3. The second kappa shape index (κ2) is 11.2. The largest absolute Gasteiger partial charge is 0.466 e. The zero-order valence-corrected chi connectivity index (χ0v) is 20.5. The Kier molecular flexibility index (Phi) is 10.1. The van der Waals surface area contributed by atoms with E-state index in [0.29, 0.717) is 6.61 Å². The molecule has 0 radical (unpaired) electrons. The maximum absolute atomic E-state index is 11.9. The molecule has 1 aliphatic rings. The van der Waals surface area contributed by atoms with Crippen LogP contribution in [0.4, 0.5) is 0 Å². The summed E-state index contributed by atoms with van der Waals surface area (Å²) in [6.45, 7) is 9.19. The summed E-state index contributed by atoms with van der Waals surface area (Å²) >= 11 is 3.49. The molecule has 7 heteroatoms. The number of guanidine groups is 1. The number of halogens is 2. The van der Waals surface area contributed by atoms with E-state index in [4.69, 9.17) is 4.74 Å². The zero-order chi connectivity index (χ0) is 19.2. The molecule has 0 aliphatic carbocycles. The van der Waals surface area contributed by atoms with Crippen molar-refractivity contribution in [3.8, 4) is 0 Å². The predicted molar refractivity (Wildman–Crippen MR) is 125 cm³/mol. The van der Waals surface area contributed by atoms with Crippen molar-refractivity contribution < 1.29 is 9.53 Å². The highest BCUT2D eigenvalue weighted by Gasteiger charge is 2.28. The molecule has 0 amide bonds. The highest BCUT2D eigenvalue weighted by molar-refractivity contribution is 14.0. The molecule has 152 valence electrons. The number of carbonyl (C=O) groups is 1. The van der Waals surface area contributed by atoms with Gasteiger partial charge in [-0.25, -0.2) is 0 Å². The average molecular weight is 552 g/mol. The number of rotatable bonds is 5. The molecule has 1 saturated heterocycles. The van der Waals surface area contributed by atoms with Crippen molar-refractivity contribution in [2.45, 2.75) is 39.0 Å². The average Bonchev–Trinajstić information content (AvgIpc) is 2.63. The van der Waals surface area contributed by atoms with E-state index in [2.05, 4.69) is 69.3 Å². The molecule has 1 fully saturated rings. The molecule has 1 aliphatic heterocycles. The van der Waals surface area contributed by atoms with Crippen LogP contribution in [0.3, 0.4) is 0 Å². The Morgan fingerprint density at radius 1 is 1.30 bits per heavy atom. The Balaban J connectivity index is 0.00000364. The van der Waals surface area contributed by atoms with Gasteiger partial charge in [-0.05, 0) is 37.5 Å². The van der Waals surface area contributed by atoms with Gasteiger partial charge in [0, 0.05) is 36.6 Å². The Bertz CT molecular complexity index is 627. The van der Waals surface area contributed by atoms with Crippen LogP contribution in [0.25, 0.3) is 0 Å². The first-order valence-corrected chi connectivity index (χ1v) is 10.0. The Hall–Kier alpha value is -0.830. The fraction of sp³-hybridized carbons (Fsp3) is 0.600. The number of ether oxygens (including phenoxy) is 1. The maximum Gasteiger partial charge on any atom is 0.309 e. The third kappa shape index (κ3) is 6.93. The van der Waals surface area contributed by atoms with Crippen LogP contribution in [0.1, 0.15) is 39.2 Å². The van der Waals surface area contributed by atoms with Crippen LogP contribution >= 0.6 is 39.9 Å². The number of esters is 1.